The Morgan fingerprint density at radius 3 is 2.55 bits per heavy atom. The summed E-state index contributed by atoms with van der Waals surface area (Å²) in [5.74, 6) is 1.27. The van der Waals surface area contributed by atoms with Crippen LogP contribution in [-0.2, 0) is 28.3 Å². The molecule has 1 amide bonds. The van der Waals surface area contributed by atoms with Crippen LogP contribution in [0.25, 0.3) is 11.0 Å². The lowest BCUT2D eigenvalue weighted by Gasteiger charge is -2.18. The van der Waals surface area contributed by atoms with E-state index in [1.165, 1.54) is 18.4 Å². The summed E-state index contributed by atoms with van der Waals surface area (Å²) in [7, 11) is 1.38. The van der Waals surface area contributed by atoms with Crippen LogP contribution in [0, 0.1) is 5.92 Å². The number of aryl methyl sites for hydroxylation is 2. The molecule has 1 atom stereocenters. The fraction of sp³-hybridized carbons (Fsp3) is 0.391. The molecule has 0 radical (unpaired) electrons. The van der Waals surface area contributed by atoms with Gasteiger partial charge in [0, 0.05) is 34.0 Å². The standard InChI is InChI=1S/C23H28N4O3S/c1-26(2)31(29,30)18-11-12-20-19(15-18)24-21(27(20)3)13-14-22(28)25-23(17-9-10-17)16-7-5-4-6-8-16/h4-8,11-12,15,17,23H,9-10,13-14H2,1-3H3,(H,25,28). The van der Waals surface area contributed by atoms with Gasteiger partial charge in [0.05, 0.1) is 22.0 Å². The van der Waals surface area contributed by atoms with Gasteiger partial charge in [-0.15, -0.1) is 0 Å². The number of hydrogen-bond donors (Lipinski definition) is 1. The summed E-state index contributed by atoms with van der Waals surface area (Å²) in [5.41, 5.74) is 2.60. The van der Waals surface area contributed by atoms with Crippen LogP contribution < -0.4 is 5.32 Å². The Morgan fingerprint density at radius 2 is 1.90 bits per heavy atom. The largest absolute Gasteiger partial charge is 0.349 e. The average Bonchev–Trinajstić information content (AvgIpc) is 3.55. The Morgan fingerprint density at radius 1 is 1.19 bits per heavy atom. The van der Waals surface area contributed by atoms with Crippen LogP contribution in [-0.4, -0.2) is 42.3 Å². The number of fused-ring (bicyclic) bond motifs is 1. The number of carbonyl (C=O) groups is 1. The lowest BCUT2D eigenvalue weighted by molar-refractivity contribution is -0.122. The van der Waals surface area contributed by atoms with Gasteiger partial charge in [-0.05, 0) is 42.5 Å². The third-order valence-corrected chi connectivity index (χ3v) is 7.68. The van der Waals surface area contributed by atoms with E-state index in [1.807, 2.05) is 29.8 Å². The van der Waals surface area contributed by atoms with Crippen LogP contribution in [0.2, 0.25) is 0 Å². The summed E-state index contributed by atoms with van der Waals surface area (Å²) in [5, 5.41) is 3.20. The summed E-state index contributed by atoms with van der Waals surface area (Å²) in [6.07, 6.45) is 3.10. The van der Waals surface area contributed by atoms with Crippen LogP contribution >= 0.6 is 0 Å². The molecule has 1 aliphatic rings. The zero-order valence-electron chi connectivity index (χ0n) is 18.1. The first-order chi connectivity index (χ1) is 14.8. The number of amides is 1. The van der Waals surface area contributed by atoms with E-state index in [-0.39, 0.29) is 16.8 Å². The highest BCUT2D eigenvalue weighted by Gasteiger charge is 2.33. The normalized spacial score (nSPS) is 15.4. The van der Waals surface area contributed by atoms with E-state index in [1.54, 1.807) is 18.2 Å². The van der Waals surface area contributed by atoms with Gasteiger partial charge in [0.25, 0.3) is 0 Å². The van der Waals surface area contributed by atoms with Crippen LogP contribution in [0.5, 0.6) is 0 Å². The van der Waals surface area contributed by atoms with Gasteiger partial charge in [0.15, 0.2) is 0 Å². The molecule has 1 saturated carbocycles. The summed E-state index contributed by atoms with van der Waals surface area (Å²) in [4.78, 5) is 17.5. The average molecular weight is 441 g/mol. The van der Waals surface area contributed by atoms with E-state index in [0.29, 0.717) is 24.3 Å². The first-order valence-corrected chi connectivity index (χ1v) is 11.9. The molecule has 1 aliphatic carbocycles. The summed E-state index contributed by atoms with van der Waals surface area (Å²) < 4.78 is 27.9. The Balaban J connectivity index is 1.47. The molecule has 4 rings (SSSR count). The maximum absolute atomic E-state index is 12.7. The van der Waals surface area contributed by atoms with Gasteiger partial charge in [-0.1, -0.05) is 30.3 Å². The van der Waals surface area contributed by atoms with E-state index < -0.39 is 10.0 Å². The minimum atomic E-state index is -3.52. The Kier molecular flexibility index (Phi) is 5.85. The van der Waals surface area contributed by atoms with E-state index in [9.17, 15) is 13.2 Å². The number of carbonyl (C=O) groups excluding carboxylic acids is 1. The number of nitrogens with one attached hydrogen (secondary N) is 1. The smallest absolute Gasteiger partial charge is 0.242 e. The molecule has 31 heavy (non-hydrogen) atoms. The van der Waals surface area contributed by atoms with Gasteiger partial charge in [0.2, 0.25) is 15.9 Å². The second kappa shape index (κ2) is 8.43. The summed E-state index contributed by atoms with van der Waals surface area (Å²) in [6, 6.07) is 15.1. The fourth-order valence-corrected chi connectivity index (χ4v) is 4.78. The van der Waals surface area contributed by atoms with E-state index in [4.69, 9.17) is 0 Å². The number of hydrogen-bond acceptors (Lipinski definition) is 4. The van der Waals surface area contributed by atoms with Crippen molar-refractivity contribution in [3.63, 3.8) is 0 Å². The number of rotatable bonds is 8. The lowest BCUT2D eigenvalue weighted by atomic mass is 10.0. The highest BCUT2D eigenvalue weighted by atomic mass is 32.2. The summed E-state index contributed by atoms with van der Waals surface area (Å²) in [6.45, 7) is 0. The van der Waals surface area contributed by atoms with Crippen LogP contribution in [0.3, 0.4) is 0 Å². The van der Waals surface area contributed by atoms with Crippen molar-refractivity contribution in [1.29, 1.82) is 0 Å². The maximum Gasteiger partial charge on any atom is 0.242 e. The first-order valence-electron chi connectivity index (χ1n) is 10.5. The highest BCUT2D eigenvalue weighted by molar-refractivity contribution is 7.89. The molecule has 1 unspecified atom stereocenters. The van der Waals surface area contributed by atoms with Crippen molar-refractivity contribution in [2.45, 2.75) is 36.6 Å². The molecular formula is C23H28N4O3S. The second-order valence-electron chi connectivity index (χ2n) is 8.32. The molecule has 0 aliphatic heterocycles. The molecule has 3 aromatic rings. The van der Waals surface area contributed by atoms with Crippen molar-refractivity contribution < 1.29 is 13.2 Å². The number of benzene rings is 2. The van der Waals surface area contributed by atoms with Crippen molar-refractivity contribution in [2.75, 3.05) is 14.1 Å². The quantitative estimate of drug-likeness (QED) is 0.584. The van der Waals surface area contributed by atoms with Gasteiger partial charge < -0.3 is 9.88 Å². The monoisotopic (exact) mass is 440 g/mol. The number of imidazole rings is 1. The minimum absolute atomic E-state index is 0.00341. The lowest BCUT2D eigenvalue weighted by Crippen LogP contribution is -2.30. The minimum Gasteiger partial charge on any atom is -0.349 e. The van der Waals surface area contributed by atoms with Gasteiger partial charge in [-0.2, -0.15) is 0 Å². The zero-order chi connectivity index (χ0) is 22.2. The molecule has 0 spiro atoms. The maximum atomic E-state index is 12.7. The van der Waals surface area contributed by atoms with Gasteiger partial charge in [-0.25, -0.2) is 17.7 Å². The van der Waals surface area contributed by atoms with Crippen LogP contribution in [0.15, 0.2) is 53.4 Å². The molecule has 0 bridgehead atoms. The molecule has 1 N–H and O–H groups in total. The molecule has 1 fully saturated rings. The van der Waals surface area contributed by atoms with E-state index in [0.717, 1.165) is 29.7 Å². The van der Waals surface area contributed by atoms with Gasteiger partial charge in [-0.3, -0.25) is 4.79 Å². The molecule has 1 aromatic heterocycles. The van der Waals surface area contributed by atoms with Crippen molar-refractivity contribution in [1.82, 2.24) is 19.2 Å². The van der Waals surface area contributed by atoms with E-state index in [2.05, 4.69) is 22.4 Å². The third kappa shape index (κ3) is 4.50. The number of nitrogens with zero attached hydrogens (tertiary/aromatic N) is 3. The predicted molar refractivity (Wildman–Crippen MR) is 120 cm³/mol. The Labute approximate surface area is 183 Å². The molecule has 1 heterocycles. The van der Waals surface area contributed by atoms with Gasteiger partial charge >= 0.3 is 0 Å². The zero-order valence-corrected chi connectivity index (χ0v) is 18.9. The number of aromatic nitrogens is 2. The molecule has 2 aromatic carbocycles. The Bertz CT molecular complexity index is 1200. The first kappa shape index (κ1) is 21.5. The van der Waals surface area contributed by atoms with Crippen molar-refractivity contribution >= 4 is 27.0 Å². The second-order valence-corrected chi connectivity index (χ2v) is 10.5. The SMILES string of the molecule is CN(C)S(=O)(=O)c1ccc2c(c1)nc(CCC(=O)NC(c1ccccc1)C1CC1)n2C. The molecular weight excluding hydrogens is 412 g/mol. The molecule has 0 saturated heterocycles. The third-order valence-electron chi connectivity index (χ3n) is 5.87. The summed E-state index contributed by atoms with van der Waals surface area (Å²) >= 11 is 0. The van der Waals surface area contributed by atoms with E-state index >= 15 is 0 Å². The van der Waals surface area contributed by atoms with Crippen LogP contribution in [0.4, 0.5) is 0 Å². The molecule has 8 heteroatoms. The number of sulfonamides is 1. The topological polar surface area (TPSA) is 84.3 Å². The molecule has 7 nitrogen and oxygen atoms in total. The van der Waals surface area contributed by atoms with Crippen molar-refractivity contribution in [3.05, 3.63) is 59.9 Å². The Hall–Kier alpha value is -2.71. The van der Waals surface area contributed by atoms with Crippen molar-refractivity contribution in [3.8, 4) is 0 Å². The fourth-order valence-electron chi connectivity index (χ4n) is 3.86. The van der Waals surface area contributed by atoms with Crippen molar-refractivity contribution in [2.24, 2.45) is 13.0 Å². The van der Waals surface area contributed by atoms with Gasteiger partial charge in [0.1, 0.15) is 5.82 Å². The highest BCUT2D eigenvalue weighted by Crippen LogP contribution is 2.41. The van der Waals surface area contributed by atoms with Crippen LogP contribution in [0.1, 0.15) is 36.7 Å². The predicted octanol–water partition coefficient (Wildman–Crippen LogP) is 3.02. The molecule has 164 valence electrons.